The molecule has 0 unspecified atom stereocenters. The quantitative estimate of drug-likeness (QED) is 0.602. The highest BCUT2D eigenvalue weighted by Gasteiger charge is 2.26. The first kappa shape index (κ1) is 20.9. The average Bonchev–Trinajstić information content (AvgIpc) is 3.35. The van der Waals surface area contributed by atoms with E-state index in [-0.39, 0.29) is 17.7 Å². The van der Waals surface area contributed by atoms with E-state index in [1.807, 2.05) is 0 Å². The maximum Gasteiger partial charge on any atom is 0.258 e. The SMILES string of the molecule is Cn1ncc(NC(=O)c2ccc(F)c(-c3c(F)cccc3F)c2F)c1O[C@H]1CCNC1. The molecule has 6 nitrogen and oxygen atoms in total. The lowest BCUT2D eigenvalue weighted by Gasteiger charge is -2.15. The third kappa shape index (κ3) is 3.98. The lowest BCUT2D eigenvalue weighted by molar-refractivity contribution is 0.102. The molecule has 1 aliphatic heterocycles. The number of carbonyl (C=O) groups excluding carboxylic acids is 1. The first-order chi connectivity index (χ1) is 14.9. The molecule has 0 radical (unpaired) electrons. The molecule has 1 atom stereocenters. The molecule has 1 saturated heterocycles. The summed E-state index contributed by atoms with van der Waals surface area (Å²) in [5.74, 6) is -5.56. The maximum absolute atomic E-state index is 15.1. The zero-order chi connectivity index (χ0) is 22.1. The molecule has 1 fully saturated rings. The Kier molecular flexibility index (Phi) is 5.64. The van der Waals surface area contributed by atoms with Gasteiger partial charge in [0.05, 0.1) is 22.9 Å². The van der Waals surface area contributed by atoms with Crippen molar-refractivity contribution < 1.29 is 27.1 Å². The van der Waals surface area contributed by atoms with Gasteiger partial charge in [0.15, 0.2) is 0 Å². The van der Waals surface area contributed by atoms with E-state index in [1.54, 1.807) is 7.05 Å². The van der Waals surface area contributed by atoms with Gasteiger partial charge in [-0.1, -0.05) is 6.07 Å². The molecule has 1 aromatic heterocycles. The van der Waals surface area contributed by atoms with Gasteiger partial charge in [-0.15, -0.1) is 0 Å². The Morgan fingerprint density at radius 3 is 2.52 bits per heavy atom. The molecule has 31 heavy (non-hydrogen) atoms. The Morgan fingerprint density at radius 2 is 1.84 bits per heavy atom. The van der Waals surface area contributed by atoms with E-state index >= 15 is 4.39 Å². The monoisotopic (exact) mass is 434 g/mol. The first-order valence-electron chi connectivity index (χ1n) is 9.50. The summed E-state index contributed by atoms with van der Waals surface area (Å²) >= 11 is 0. The summed E-state index contributed by atoms with van der Waals surface area (Å²) in [5, 5.41) is 9.65. The third-order valence-electron chi connectivity index (χ3n) is 4.97. The van der Waals surface area contributed by atoms with Crippen LogP contribution in [-0.2, 0) is 7.05 Å². The summed E-state index contributed by atoms with van der Waals surface area (Å²) in [7, 11) is 1.62. The highest BCUT2D eigenvalue weighted by molar-refractivity contribution is 6.05. The fraction of sp³-hybridized carbons (Fsp3) is 0.238. The Balaban J connectivity index is 1.66. The molecule has 3 aromatic rings. The summed E-state index contributed by atoms with van der Waals surface area (Å²) < 4.78 is 64.9. The van der Waals surface area contributed by atoms with Gasteiger partial charge in [0.2, 0.25) is 5.88 Å². The Morgan fingerprint density at radius 1 is 1.13 bits per heavy atom. The van der Waals surface area contributed by atoms with Gasteiger partial charge in [-0.05, 0) is 37.2 Å². The van der Waals surface area contributed by atoms with Crippen LogP contribution in [0.1, 0.15) is 16.8 Å². The van der Waals surface area contributed by atoms with Gasteiger partial charge in [-0.25, -0.2) is 22.2 Å². The molecule has 10 heteroatoms. The number of benzene rings is 2. The largest absolute Gasteiger partial charge is 0.472 e. The number of amides is 1. The summed E-state index contributed by atoms with van der Waals surface area (Å²) in [6, 6.07) is 4.51. The molecule has 1 aliphatic rings. The van der Waals surface area contributed by atoms with E-state index in [1.165, 1.54) is 10.9 Å². The number of hydrogen-bond acceptors (Lipinski definition) is 4. The van der Waals surface area contributed by atoms with Gasteiger partial charge in [-0.3, -0.25) is 4.79 Å². The number of halogens is 4. The minimum Gasteiger partial charge on any atom is -0.472 e. The number of rotatable bonds is 5. The molecular formula is C21H18F4N4O2. The van der Waals surface area contributed by atoms with Gasteiger partial charge < -0.3 is 15.4 Å². The van der Waals surface area contributed by atoms with Crippen molar-refractivity contribution in [2.75, 3.05) is 18.4 Å². The van der Waals surface area contributed by atoms with Crippen molar-refractivity contribution in [3.05, 3.63) is 65.4 Å². The van der Waals surface area contributed by atoms with Crippen LogP contribution in [0.2, 0.25) is 0 Å². The van der Waals surface area contributed by atoms with Crippen molar-refractivity contribution in [1.29, 1.82) is 0 Å². The fourth-order valence-electron chi connectivity index (χ4n) is 3.42. The summed E-state index contributed by atoms with van der Waals surface area (Å²) in [6.07, 6.45) is 1.97. The van der Waals surface area contributed by atoms with Crippen molar-refractivity contribution in [3.63, 3.8) is 0 Å². The van der Waals surface area contributed by atoms with Crippen LogP contribution >= 0.6 is 0 Å². The number of aryl methyl sites for hydroxylation is 1. The van der Waals surface area contributed by atoms with Crippen molar-refractivity contribution >= 4 is 11.6 Å². The van der Waals surface area contributed by atoms with E-state index < -0.39 is 45.9 Å². The number of nitrogens with one attached hydrogen (secondary N) is 2. The number of carbonyl (C=O) groups is 1. The van der Waals surface area contributed by atoms with Crippen LogP contribution in [-0.4, -0.2) is 34.9 Å². The number of hydrogen-bond donors (Lipinski definition) is 2. The van der Waals surface area contributed by atoms with Crippen molar-refractivity contribution in [2.24, 2.45) is 7.05 Å². The fourth-order valence-corrected chi connectivity index (χ4v) is 3.42. The summed E-state index contributed by atoms with van der Waals surface area (Å²) in [4.78, 5) is 12.7. The average molecular weight is 434 g/mol. The molecule has 162 valence electrons. The van der Waals surface area contributed by atoms with Gasteiger partial charge >= 0.3 is 0 Å². The second kappa shape index (κ2) is 8.38. The molecule has 0 spiro atoms. The second-order valence-electron chi connectivity index (χ2n) is 7.05. The molecule has 4 rings (SSSR count). The Bertz CT molecular complexity index is 1120. The van der Waals surface area contributed by atoms with E-state index in [0.29, 0.717) is 6.54 Å². The number of aromatic nitrogens is 2. The van der Waals surface area contributed by atoms with Crippen LogP contribution < -0.4 is 15.4 Å². The lowest BCUT2D eigenvalue weighted by Crippen LogP contribution is -2.22. The molecule has 0 bridgehead atoms. The lowest BCUT2D eigenvalue weighted by atomic mass is 9.99. The Hall–Kier alpha value is -3.40. The number of nitrogens with zero attached hydrogens (tertiary/aromatic N) is 2. The minimum atomic E-state index is -1.38. The second-order valence-corrected chi connectivity index (χ2v) is 7.05. The molecule has 2 N–H and O–H groups in total. The highest BCUT2D eigenvalue weighted by atomic mass is 19.1. The Labute approximate surface area is 174 Å². The van der Waals surface area contributed by atoms with Crippen LogP contribution in [0.25, 0.3) is 11.1 Å². The van der Waals surface area contributed by atoms with Crippen molar-refractivity contribution in [1.82, 2.24) is 15.1 Å². The van der Waals surface area contributed by atoms with Crippen LogP contribution in [0.5, 0.6) is 5.88 Å². The van der Waals surface area contributed by atoms with Gasteiger partial charge in [0.25, 0.3) is 5.91 Å². The van der Waals surface area contributed by atoms with Gasteiger partial charge in [-0.2, -0.15) is 5.10 Å². The molecular weight excluding hydrogens is 416 g/mol. The normalized spacial score (nSPS) is 15.8. The predicted molar refractivity (Wildman–Crippen MR) is 105 cm³/mol. The number of ether oxygens (including phenoxy) is 1. The molecule has 0 saturated carbocycles. The molecule has 0 aliphatic carbocycles. The van der Waals surface area contributed by atoms with Crippen LogP contribution in [0.3, 0.4) is 0 Å². The topological polar surface area (TPSA) is 68.2 Å². The van der Waals surface area contributed by atoms with Crippen LogP contribution in [0.15, 0.2) is 36.5 Å². The van der Waals surface area contributed by atoms with E-state index in [2.05, 4.69) is 15.7 Å². The summed E-state index contributed by atoms with van der Waals surface area (Å²) in [6.45, 7) is 1.42. The minimum absolute atomic E-state index is 0.121. The van der Waals surface area contributed by atoms with Gasteiger partial charge in [0.1, 0.15) is 35.1 Å². The van der Waals surface area contributed by atoms with Crippen LogP contribution in [0.4, 0.5) is 23.2 Å². The van der Waals surface area contributed by atoms with Crippen molar-refractivity contribution in [2.45, 2.75) is 12.5 Å². The molecule has 2 heterocycles. The van der Waals surface area contributed by atoms with Crippen LogP contribution in [0, 0.1) is 23.3 Å². The number of anilines is 1. The van der Waals surface area contributed by atoms with E-state index in [4.69, 9.17) is 4.74 Å². The van der Waals surface area contributed by atoms with Gasteiger partial charge in [0, 0.05) is 13.6 Å². The maximum atomic E-state index is 15.1. The standard InChI is InChI=1S/C21H18F4N4O2/c1-29-21(31-11-7-8-26-9-11)16(10-27-29)28-20(30)12-5-6-15(24)18(19(12)25)17-13(22)3-2-4-14(17)23/h2-6,10-11,26H,7-9H2,1H3,(H,28,30)/t11-/m0/s1. The highest BCUT2D eigenvalue weighted by Crippen LogP contribution is 2.33. The smallest absolute Gasteiger partial charge is 0.258 e. The zero-order valence-electron chi connectivity index (χ0n) is 16.4. The zero-order valence-corrected chi connectivity index (χ0v) is 16.4. The summed E-state index contributed by atoms with van der Waals surface area (Å²) in [5.41, 5.74) is -2.24. The van der Waals surface area contributed by atoms with Crippen molar-refractivity contribution in [3.8, 4) is 17.0 Å². The van der Waals surface area contributed by atoms with E-state index in [0.717, 1.165) is 43.3 Å². The predicted octanol–water partition coefficient (Wildman–Crippen LogP) is 3.64. The third-order valence-corrected chi connectivity index (χ3v) is 4.97. The molecule has 1 amide bonds. The first-order valence-corrected chi connectivity index (χ1v) is 9.50. The van der Waals surface area contributed by atoms with E-state index in [9.17, 15) is 18.0 Å². The molecule has 2 aromatic carbocycles.